The van der Waals surface area contributed by atoms with Crippen molar-refractivity contribution in [1.82, 2.24) is 10.7 Å². The summed E-state index contributed by atoms with van der Waals surface area (Å²) in [5.74, 6) is 0.585. The van der Waals surface area contributed by atoms with Gasteiger partial charge in [0.05, 0.1) is 17.1 Å². The van der Waals surface area contributed by atoms with Gasteiger partial charge in [0.25, 0.3) is 0 Å². The molecule has 0 radical (unpaired) electrons. The molecule has 5 rings (SSSR count). The van der Waals surface area contributed by atoms with Gasteiger partial charge in [-0.3, -0.25) is 20.1 Å². The summed E-state index contributed by atoms with van der Waals surface area (Å²) in [7, 11) is 0. The second-order valence-electron chi connectivity index (χ2n) is 11.1. The van der Waals surface area contributed by atoms with Gasteiger partial charge in [0.2, 0.25) is 5.91 Å². The van der Waals surface area contributed by atoms with Crippen LogP contribution in [0.2, 0.25) is 0 Å². The predicted octanol–water partition coefficient (Wildman–Crippen LogP) is 6.99. The largest absolute Gasteiger partial charge is 0.573 e. The number of halogens is 3. The molecular formula is C33H33F3N6O3S. The van der Waals surface area contributed by atoms with Crippen molar-refractivity contribution >= 4 is 52.2 Å². The Morgan fingerprint density at radius 1 is 1.11 bits per heavy atom. The summed E-state index contributed by atoms with van der Waals surface area (Å²) in [6.07, 6.45) is -1.05. The minimum absolute atomic E-state index is 0.116. The second kappa shape index (κ2) is 13.7. The Balaban J connectivity index is 1.20. The van der Waals surface area contributed by atoms with E-state index in [4.69, 9.17) is 0 Å². The Morgan fingerprint density at radius 3 is 2.59 bits per heavy atom. The van der Waals surface area contributed by atoms with Crippen molar-refractivity contribution < 1.29 is 27.5 Å². The fourth-order valence-corrected chi connectivity index (χ4v) is 5.75. The van der Waals surface area contributed by atoms with E-state index in [-0.39, 0.29) is 36.0 Å². The second-order valence-corrected chi connectivity index (χ2v) is 12.0. The van der Waals surface area contributed by atoms with Gasteiger partial charge in [0, 0.05) is 11.6 Å². The lowest BCUT2D eigenvalue weighted by atomic mass is 9.99. The molecule has 0 spiro atoms. The number of nitrogens with one attached hydrogen (secondary N) is 2. The molecule has 2 N–H and O–H groups in total. The van der Waals surface area contributed by atoms with Crippen molar-refractivity contribution in [3.05, 3.63) is 95.1 Å². The number of anilines is 2. The number of rotatable bonds is 8. The average molecular weight is 651 g/mol. The molecule has 0 saturated carbocycles. The van der Waals surface area contributed by atoms with Crippen LogP contribution >= 0.6 is 11.8 Å². The lowest BCUT2D eigenvalue weighted by Gasteiger charge is -2.22. The van der Waals surface area contributed by atoms with Gasteiger partial charge in [-0.15, -0.1) is 13.2 Å². The molecule has 13 heteroatoms. The van der Waals surface area contributed by atoms with Crippen LogP contribution in [0.25, 0.3) is 6.08 Å². The Bertz CT molecular complexity index is 1710. The van der Waals surface area contributed by atoms with Crippen LogP contribution in [0.5, 0.6) is 5.75 Å². The fraction of sp³-hybridized carbons (Fsp3) is 0.273. The quantitative estimate of drug-likeness (QED) is 0.273. The van der Waals surface area contributed by atoms with Crippen LogP contribution < -0.4 is 25.4 Å². The van der Waals surface area contributed by atoms with Gasteiger partial charge in [0.15, 0.2) is 5.17 Å². The van der Waals surface area contributed by atoms with E-state index in [1.54, 1.807) is 5.01 Å². The maximum absolute atomic E-state index is 12.9. The number of amidine groups is 2. The van der Waals surface area contributed by atoms with E-state index >= 15 is 0 Å². The van der Waals surface area contributed by atoms with Crippen LogP contribution in [-0.4, -0.2) is 47.8 Å². The van der Waals surface area contributed by atoms with Crippen molar-refractivity contribution in [2.75, 3.05) is 22.3 Å². The fourth-order valence-electron chi connectivity index (χ4n) is 4.89. The van der Waals surface area contributed by atoms with Gasteiger partial charge in [-0.25, -0.2) is 9.79 Å². The predicted molar refractivity (Wildman–Crippen MR) is 176 cm³/mol. The third kappa shape index (κ3) is 8.08. The summed E-state index contributed by atoms with van der Waals surface area (Å²) >= 11 is 1.24. The summed E-state index contributed by atoms with van der Waals surface area (Å²) < 4.78 is 41.3. The van der Waals surface area contributed by atoms with E-state index in [0.717, 1.165) is 27.9 Å². The third-order valence-electron chi connectivity index (χ3n) is 7.09. The zero-order valence-corrected chi connectivity index (χ0v) is 26.4. The summed E-state index contributed by atoms with van der Waals surface area (Å²) in [5, 5.41) is 4.90. The number of nitrogens with zero attached hydrogens (tertiary/aromatic N) is 4. The molecule has 3 amide bonds. The summed E-state index contributed by atoms with van der Waals surface area (Å²) in [5.41, 5.74) is 8.24. The summed E-state index contributed by atoms with van der Waals surface area (Å²) in [4.78, 5) is 36.0. The first-order valence-electron chi connectivity index (χ1n) is 14.5. The van der Waals surface area contributed by atoms with E-state index < -0.39 is 12.4 Å². The first kappa shape index (κ1) is 32.6. The number of alkyl halides is 3. The highest BCUT2D eigenvalue weighted by Crippen LogP contribution is 2.34. The molecule has 1 atom stereocenters. The summed E-state index contributed by atoms with van der Waals surface area (Å²) in [6.45, 7) is 8.18. The molecule has 1 fully saturated rings. The number of benzene rings is 3. The number of amides is 3. The van der Waals surface area contributed by atoms with Gasteiger partial charge in [0.1, 0.15) is 18.3 Å². The number of hydrogen-bond acceptors (Lipinski definition) is 7. The van der Waals surface area contributed by atoms with Gasteiger partial charge in [-0.05, 0) is 72.9 Å². The van der Waals surface area contributed by atoms with Crippen molar-refractivity contribution in [2.24, 2.45) is 9.98 Å². The van der Waals surface area contributed by atoms with Crippen molar-refractivity contribution in [1.29, 1.82) is 0 Å². The van der Waals surface area contributed by atoms with E-state index in [1.165, 1.54) is 40.9 Å². The third-order valence-corrected chi connectivity index (χ3v) is 8.02. The average Bonchev–Trinajstić information content (AvgIpc) is 3.62. The number of hydrazine groups is 1. The molecule has 240 valence electrons. The molecule has 0 bridgehead atoms. The highest BCUT2D eigenvalue weighted by Gasteiger charge is 2.33. The van der Waals surface area contributed by atoms with Crippen molar-refractivity contribution in [2.45, 2.75) is 46.0 Å². The lowest BCUT2D eigenvalue weighted by Crippen LogP contribution is -2.36. The lowest BCUT2D eigenvalue weighted by molar-refractivity contribution is -0.274. The molecule has 2 aliphatic rings. The standard InChI is InChI=1S/C33H33F3N6O3S/c1-20(2)27-15-8-21(3)16-28(27)42-29(43)18-46-32(42)39-31(44)38-22(4)9-10-23-6-5-7-24(17-23)30-37-19-41(40-30)25-11-13-26(14-12-25)45-33(34,35)36/h5-17,20,22H,18-19H2,1-4H3,(H,37,40)(H,38,44)/b10-9+,39-32?. The normalized spacial score (nSPS) is 16.7. The zero-order valence-electron chi connectivity index (χ0n) is 25.6. The van der Waals surface area contributed by atoms with E-state index in [1.807, 2.05) is 68.5 Å². The van der Waals surface area contributed by atoms with Crippen LogP contribution in [0.15, 0.2) is 82.8 Å². The molecule has 1 unspecified atom stereocenters. The number of hydrogen-bond donors (Lipinski definition) is 2. The Kier molecular flexibility index (Phi) is 9.71. The Labute approximate surface area is 269 Å². The first-order valence-corrected chi connectivity index (χ1v) is 15.5. The minimum atomic E-state index is -4.75. The molecule has 3 aromatic rings. The number of aliphatic imine (C=N–C) groups is 2. The topological polar surface area (TPSA) is 98.6 Å². The SMILES string of the molecule is Cc1ccc(C(C)C)c(N2C(=O)CSC2=NC(=O)NC(C)/C=C/c2cccc(C3=NCN(c4ccc(OC(F)(F)F)cc4)N3)c2)c1. The number of thioether (sulfide) groups is 1. The molecule has 0 aliphatic carbocycles. The summed E-state index contributed by atoms with van der Waals surface area (Å²) in [6, 6.07) is 18.2. The molecule has 3 aromatic carbocycles. The molecule has 0 aromatic heterocycles. The van der Waals surface area contributed by atoms with Crippen molar-refractivity contribution in [3.8, 4) is 5.75 Å². The Morgan fingerprint density at radius 2 is 1.87 bits per heavy atom. The molecule has 1 saturated heterocycles. The van der Waals surface area contributed by atoms with Gasteiger partial charge in [-0.1, -0.05) is 68.1 Å². The van der Waals surface area contributed by atoms with Gasteiger partial charge < -0.3 is 10.1 Å². The first-order chi connectivity index (χ1) is 21.9. The minimum Gasteiger partial charge on any atom is -0.406 e. The zero-order chi connectivity index (χ0) is 33.0. The van der Waals surface area contributed by atoms with Crippen LogP contribution in [0.4, 0.5) is 29.3 Å². The molecule has 2 heterocycles. The van der Waals surface area contributed by atoms with Gasteiger partial charge >= 0.3 is 12.4 Å². The maximum Gasteiger partial charge on any atom is 0.573 e. The molecular weight excluding hydrogens is 617 g/mol. The van der Waals surface area contributed by atoms with E-state index in [0.29, 0.717) is 16.7 Å². The monoisotopic (exact) mass is 650 g/mol. The number of carbonyl (C=O) groups excluding carboxylic acids is 2. The number of ether oxygens (including phenoxy) is 1. The molecule has 2 aliphatic heterocycles. The van der Waals surface area contributed by atoms with Crippen LogP contribution in [-0.2, 0) is 4.79 Å². The van der Waals surface area contributed by atoms with Crippen LogP contribution in [0.3, 0.4) is 0 Å². The van der Waals surface area contributed by atoms with Crippen molar-refractivity contribution in [3.63, 3.8) is 0 Å². The van der Waals surface area contributed by atoms with Crippen LogP contribution in [0.1, 0.15) is 48.9 Å². The smallest absolute Gasteiger partial charge is 0.406 e. The number of urea groups is 1. The highest BCUT2D eigenvalue weighted by molar-refractivity contribution is 8.15. The number of carbonyl (C=O) groups is 2. The van der Waals surface area contributed by atoms with E-state index in [9.17, 15) is 22.8 Å². The van der Waals surface area contributed by atoms with Gasteiger partial charge in [-0.2, -0.15) is 4.99 Å². The maximum atomic E-state index is 12.9. The number of aryl methyl sites for hydroxylation is 1. The molecule has 9 nitrogen and oxygen atoms in total. The highest BCUT2D eigenvalue weighted by atomic mass is 32.2. The van der Waals surface area contributed by atoms with E-state index in [2.05, 4.69) is 39.3 Å². The Hall–Kier alpha value is -4.78. The van der Waals surface area contributed by atoms with Crippen LogP contribution in [0, 0.1) is 6.92 Å². The molecule has 46 heavy (non-hydrogen) atoms.